The van der Waals surface area contributed by atoms with Crippen LogP contribution >= 0.6 is 0 Å². The van der Waals surface area contributed by atoms with Crippen LogP contribution in [0.3, 0.4) is 0 Å². The fourth-order valence-electron chi connectivity index (χ4n) is 0. The Balaban J connectivity index is -0.00000000267. The van der Waals surface area contributed by atoms with E-state index in [4.69, 9.17) is 21.0 Å². The molecule has 8 heteroatoms. The first-order chi connectivity index (χ1) is 4.00. The summed E-state index contributed by atoms with van der Waals surface area (Å²) in [5.74, 6) is 0. The van der Waals surface area contributed by atoms with Crippen molar-refractivity contribution in [1.29, 1.82) is 21.0 Å². The Labute approximate surface area is 168 Å². The molecular weight excluding hydrogens is 257 g/mol. The summed E-state index contributed by atoms with van der Waals surface area (Å²) in [6.07, 6.45) is 0. The van der Waals surface area contributed by atoms with E-state index in [1.54, 1.807) is 0 Å². The molecule has 0 heterocycles. The molecule has 0 aromatic carbocycles. The van der Waals surface area contributed by atoms with Crippen LogP contribution in [0.15, 0.2) is 0 Å². The summed E-state index contributed by atoms with van der Waals surface area (Å²) in [5.41, 5.74) is 0. The largest absolute Gasteiger partial charge is 1.00 e. The molecule has 0 atom stereocenters. The van der Waals surface area contributed by atoms with Crippen molar-refractivity contribution in [2.75, 3.05) is 0 Å². The van der Waals surface area contributed by atoms with Crippen LogP contribution in [0.4, 0.5) is 0 Å². The minimum Gasteiger partial charge on any atom is -0.412 e. The number of nitriles is 4. The SMILES string of the molecule is C#N.C#N.C#N.C#N.O.[K+].[K+].[Ni]. The molecule has 0 saturated carbocycles. The van der Waals surface area contributed by atoms with Crippen molar-refractivity contribution in [3.8, 4) is 26.3 Å². The van der Waals surface area contributed by atoms with E-state index in [1.807, 2.05) is 0 Å². The topological polar surface area (TPSA) is 127 Å². The summed E-state index contributed by atoms with van der Waals surface area (Å²) >= 11 is 0. The first-order valence-electron chi connectivity index (χ1n) is 1.03. The molecule has 5 nitrogen and oxygen atoms in total. The predicted molar refractivity (Wildman–Crippen MR) is 30.3 cm³/mol. The summed E-state index contributed by atoms with van der Waals surface area (Å²) in [5, 5.41) is 26.0. The third kappa shape index (κ3) is 469. The number of nitrogens with zero attached hydrogens (tertiary/aromatic N) is 4. The van der Waals surface area contributed by atoms with Crippen LogP contribution in [0, 0.1) is 47.3 Å². The van der Waals surface area contributed by atoms with Gasteiger partial charge >= 0.3 is 103 Å². The second kappa shape index (κ2) is 609. The summed E-state index contributed by atoms with van der Waals surface area (Å²) in [6, 6.07) is 0. The molecule has 58 valence electrons. The van der Waals surface area contributed by atoms with Crippen LogP contribution < -0.4 is 103 Å². The predicted octanol–water partition coefficient (Wildman–Crippen LogP) is -6.26. The first-order valence-corrected chi connectivity index (χ1v) is 1.03. The Morgan fingerprint density at radius 3 is 0.500 bits per heavy atom. The van der Waals surface area contributed by atoms with E-state index in [0.29, 0.717) is 0 Å². The molecule has 0 rings (SSSR count). The third-order valence-electron chi connectivity index (χ3n) is 0. The third-order valence-corrected chi connectivity index (χ3v) is 0. The standard InChI is InChI=1S/4CHN.2K.Ni.H2O/c4*1-2;;;;/h4*1H;;;;1H2/q;;;;2*+1;;. The maximum absolute atomic E-state index is 6.50. The number of hydrogen-bond donors (Lipinski definition) is 0. The second-order valence-electron chi connectivity index (χ2n) is 0. The van der Waals surface area contributed by atoms with Crippen LogP contribution in [0.2, 0.25) is 0 Å². The van der Waals surface area contributed by atoms with Gasteiger partial charge in [0.15, 0.2) is 0 Å². The van der Waals surface area contributed by atoms with Gasteiger partial charge in [-0.3, -0.25) is 0 Å². The van der Waals surface area contributed by atoms with E-state index in [1.165, 1.54) is 0 Å². The van der Waals surface area contributed by atoms with Gasteiger partial charge in [-0.05, 0) is 0 Å². The molecule has 0 bridgehead atoms. The Bertz CT molecular complexity index is 68.0. The van der Waals surface area contributed by atoms with Crippen molar-refractivity contribution < 1.29 is 125 Å². The average molecular weight is 263 g/mol. The molecule has 0 radical (unpaired) electrons. The number of hydrogen-bond acceptors (Lipinski definition) is 4. The smallest absolute Gasteiger partial charge is 0.412 e. The van der Waals surface area contributed by atoms with Gasteiger partial charge in [0.1, 0.15) is 0 Å². The maximum Gasteiger partial charge on any atom is 1.00 e. The van der Waals surface area contributed by atoms with Gasteiger partial charge in [0.05, 0.1) is 0 Å². The van der Waals surface area contributed by atoms with Gasteiger partial charge in [0, 0.05) is 42.8 Å². The van der Waals surface area contributed by atoms with Gasteiger partial charge in [-0.1, -0.05) is 0 Å². The van der Waals surface area contributed by atoms with E-state index in [-0.39, 0.29) is 125 Å². The van der Waals surface area contributed by atoms with E-state index < -0.39 is 0 Å². The van der Waals surface area contributed by atoms with Crippen molar-refractivity contribution in [3.63, 3.8) is 0 Å². The minimum absolute atomic E-state index is 0. The van der Waals surface area contributed by atoms with E-state index in [9.17, 15) is 0 Å². The summed E-state index contributed by atoms with van der Waals surface area (Å²) in [6.45, 7) is 14.0. The molecule has 0 aromatic rings. The molecule has 0 saturated heterocycles. The fraction of sp³-hybridized carbons (Fsp3) is 0. The summed E-state index contributed by atoms with van der Waals surface area (Å²) < 4.78 is 0. The molecule has 0 spiro atoms. The van der Waals surface area contributed by atoms with Crippen molar-refractivity contribution in [1.82, 2.24) is 0 Å². The Morgan fingerprint density at radius 2 is 0.500 bits per heavy atom. The van der Waals surface area contributed by atoms with E-state index in [0.717, 1.165) is 0 Å². The molecule has 0 unspecified atom stereocenters. The van der Waals surface area contributed by atoms with Crippen molar-refractivity contribution >= 4 is 0 Å². The quantitative estimate of drug-likeness (QED) is 0.403. The summed E-state index contributed by atoms with van der Waals surface area (Å²) in [4.78, 5) is 0. The molecule has 2 N–H and O–H groups in total. The van der Waals surface area contributed by atoms with Gasteiger partial charge in [-0.15, -0.1) is 0 Å². The monoisotopic (exact) mass is 262 g/mol. The molecule has 0 aromatic heterocycles. The van der Waals surface area contributed by atoms with Crippen LogP contribution in [0.25, 0.3) is 0 Å². The zero-order valence-electron chi connectivity index (χ0n) is 6.91. The van der Waals surface area contributed by atoms with Crippen LogP contribution in [-0.2, 0) is 16.5 Å². The second-order valence-corrected chi connectivity index (χ2v) is 0. The number of rotatable bonds is 0. The van der Waals surface area contributed by atoms with Crippen molar-refractivity contribution in [2.45, 2.75) is 0 Å². The molecular formula is C4H6K2N4NiO+2. The van der Waals surface area contributed by atoms with Crippen molar-refractivity contribution in [2.24, 2.45) is 0 Å². The summed E-state index contributed by atoms with van der Waals surface area (Å²) in [7, 11) is 0. The molecule has 0 fully saturated rings. The maximum atomic E-state index is 6.50. The van der Waals surface area contributed by atoms with Gasteiger partial charge in [-0.2, -0.15) is 0 Å². The minimum atomic E-state index is 0. The molecule has 0 aliphatic carbocycles. The Kier molecular flexibility index (Phi) is 3460. The van der Waals surface area contributed by atoms with Gasteiger partial charge in [-0.25, -0.2) is 21.0 Å². The van der Waals surface area contributed by atoms with Crippen LogP contribution in [-0.4, -0.2) is 5.48 Å². The first kappa shape index (κ1) is 68.1. The zero-order valence-corrected chi connectivity index (χ0v) is 14.1. The molecule has 0 aliphatic heterocycles. The molecule has 12 heavy (non-hydrogen) atoms. The average Bonchev–Trinajstić information content (AvgIpc) is 2.03. The Morgan fingerprint density at radius 1 is 0.500 bits per heavy atom. The fourth-order valence-corrected chi connectivity index (χ4v) is 0. The zero-order chi connectivity index (χ0) is 8.00. The van der Waals surface area contributed by atoms with E-state index >= 15 is 0 Å². The van der Waals surface area contributed by atoms with Gasteiger partial charge in [0.25, 0.3) is 0 Å². The molecule has 0 aliphatic rings. The normalized spacial score (nSPS) is 0.667. The van der Waals surface area contributed by atoms with Crippen LogP contribution in [0.5, 0.6) is 0 Å². The van der Waals surface area contributed by atoms with Gasteiger partial charge in [0.2, 0.25) is 0 Å². The van der Waals surface area contributed by atoms with Crippen molar-refractivity contribution in [3.05, 3.63) is 0 Å². The van der Waals surface area contributed by atoms with Gasteiger partial charge < -0.3 is 5.48 Å². The Hall–Kier alpha value is 1.69. The molecule has 0 amide bonds. The van der Waals surface area contributed by atoms with E-state index in [2.05, 4.69) is 26.3 Å². The van der Waals surface area contributed by atoms with Crippen LogP contribution in [0.1, 0.15) is 0 Å².